The van der Waals surface area contributed by atoms with Gasteiger partial charge >= 0.3 is 0 Å². The molecule has 0 amide bonds. The van der Waals surface area contributed by atoms with E-state index in [9.17, 15) is 0 Å². The van der Waals surface area contributed by atoms with E-state index in [2.05, 4.69) is 15.7 Å². The van der Waals surface area contributed by atoms with Gasteiger partial charge in [-0.3, -0.25) is 5.43 Å². The van der Waals surface area contributed by atoms with Crippen LogP contribution in [0.25, 0.3) is 0 Å². The van der Waals surface area contributed by atoms with Crippen LogP contribution in [0, 0.1) is 0 Å². The Morgan fingerprint density at radius 3 is 2.65 bits per heavy atom. The minimum Gasteiger partial charge on any atom is -0.383 e. The summed E-state index contributed by atoms with van der Waals surface area (Å²) in [6.07, 6.45) is 2.04. The van der Waals surface area contributed by atoms with Crippen molar-refractivity contribution >= 4 is 23.4 Å². The van der Waals surface area contributed by atoms with Gasteiger partial charge in [0.15, 0.2) is 0 Å². The molecule has 1 rings (SSSR count). The Hall–Kier alpha value is -1.24. The number of hydrazine groups is 1. The van der Waals surface area contributed by atoms with E-state index in [1.54, 1.807) is 18.9 Å². The summed E-state index contributed by atoms with van der Waals surface area (Å²) >= 11 is 1.70. The van der Waals surface area contributed by atoms with Gasteiger partial charge in [0.2, 0.25) is 5.96 Å². The van der Waals surface area contributed by atoms with E-state index >= 15 is 0 Å². The molecule has 0 fully saturated rings. The highest BCUT2D eigenvalue weighted by Gasteiger charge is 1.97. The average molecular weight is 254 g/mol. The summed E-state index contributed by atoms with van der Waals surface area (Å²) in [7, 11) is 1.64. The van der Waals surface area contributed by atoms with Crippen molar-refractivity contribution in [2.45, 2.75) is 4.90 Å². The largest absolute Gasteiger partial charge is 0.383 e. The first kappa shape index (κ1) is 13.8. The Morgan fingerprint density at radius 2 is 2.12 bits per heavy atom. The Labute approximate surface area is 106 Å². The van der Waals surface area contributed by atoms with Gasteiger partial charge in [-0.15, -0.1) is 11.8 Å². The molecule has 0 bridgehead atoms. The third-order valence-electron chi connectivity index (χ3n) is 2.05. The number of nitrogens with two attached hydrogens (primary N) is 1. The lowest BCUT2D eigenvalue weighted by molar-refractivity contribution is 0.208. The van der Waals surface area contributed by atoms with Gasteiger partial charge < -0.3 is 10.1 Å². The minimum atomic E-state index is 0.527. The molecule has 0 spiro atoms. The maximum absolute atomic E-state index is 5.37. The number of guanidine groups is 1. The zero-order valence-corrected chi connectivity index (χ0v) is 10.9. The maximum atomic E-state index is 5.37. The normalized spacial score (nSPS) is 11.4. The number of nitrogens with one attached hydrogen (secondary N) is 2. The van der Waals surface area contributed by atoms with Crippen LogP contribution in [0.1, 0.15) is 0 Å². The van der Waals surface area contributed by atoms with E-state index in [1.165, 1.54) is 4.90 Å². The number of anilines is 1. The topological polar surface area (TPSA) is 71.7 Å². The molecule has 1 aromatic carbocycles. The number of rotatable bonds is 5. The van der Waals surface area contributed by atoms with Gasteiger partial charge in [-0.25, -0.2) is 10.8 Å². The van der Waals surface area contributed by atoms with Crippen LogP contribution in [0.15, 0.2) is 34.2 Å². The molecule has 0 aliphatic heterocycles. The van der Waals surface area contributed by atoms with E-state index in [0.717, 1.165) is 5.69 Å². The molecule has 0 saturated heterocycles. The molecule has 0 aliphatic carbocycles. The average Bonchev–Trinajstić information content (AvgIpc) is 2.38. The van der Waals surface area contributed by atoms with Gasteiger partial charge in [0, 0.05) is 17.7 Å². The Kier molecular flexibility index (Phi) is 6.46. The monoisotopic (exact) mass is 254 g/mol. The summed E-state index contributed by atoms with van der Waals surface area (Å²) in [6, 6.07) is 8.04. The molecule has 4 N–H and O–H groups in total. The van der Waals surface area contributed by atoms with E-state index in [1.807, 2.05) is 30.5 Å². The number of thioether (sulfide) groups is 1. The highest BCUT2D eigenvalue weighted by atomic mass is 32.2. The van der Waals surface area contributed by atoms with Crippen molar-refractivity contribution in [1.29, 1.82) is 0 Å². The number of nitrogens with zero attached hydrogens (tertiary/aromatic N) is 1. The van der Waals surface area contributed by atoms with Crippen molar-refractivity contribution in [3.63, 3.8) is 0 Å². The first-order chi connectivity index (χ1) is 8.30. The van der Waals surface area contributed by atoms with Crippen molar-refractivity contribution in [3.05, 3.63) is 24.3 Å². The van der Waals surface area contributed by atoms with E-state index in [4.69, 9.17) is 10.6 Å². The van der Waals surface area contributed by atoms with Crippen molar-refractivity contribution in [2.24, 2.45) is 10.8 Å². The molecule has 0 aliphatic rings. The smallest absolute Gasteiger partial charge is 0.210 e. The van der Waals surface area contributed by atoms with E-state index in [0.29, 0.717) is 19.1 Å². The third kappa shape index (κ3) is 5.08. The fourth-order valence-electron chi connectivity index (χ4n) is 1.18. The fourth-order valence-corrected chi connectivity index (χ4v) is 1.59. The predicted molar refractivity (Wildman–Crippen MR) is 73.3 cm³/mol. The molecule has 94 valence electrons. The zero-order valence-electron chi connectivity index (χ0n) is 10.1. The standard InChI is InChI=1S/C11H18N4OS/c1-16-8-7-13-11(15-12)14-9-3-5-10(17-2)6-4-9/h3-6H,7-8,12H2,1-2H3,(H2,13,14,15). The van der Waals surface area contributed by atoms with Crippen LogP contribution in [0.2, 0.25) is 0 Å². The van der Waals surface area contributed by atoms with Crippen molar-refractivity contribution in [3.8, 4) is 0 Å². The Balaban J connectivity index is 2.57. The molecule has 0 saturated carbocycles. The third-order valence-corrected chi connectivity index (χ3v) is 2.80. The number of methoxy groups -OCH3 is 1. The first-order valence-electron chi connectivity index (χ1n) is 5.21. The highest BCUT2D eigenvalue weighted by Crippen LogP contribution is 2.17. The number of aliphatic imine (C=N–C) groups is 1. The van der Waals surface area contributed by atoms with Crippen molar-refractivity contribution in [1.82, 2.24) is 5.43 Å². The van der Waals surface area contributed by atoms with Crippen LogP contribution in [-0.4, -0.2) is 32.5 Å². The molecular formula is C11H18N4OS. The lowest BCUT2D eigenvalue weighted by Crippen LogP contribution is -2.36. The molecule has 17 heavy (non-hydrogen) atoms. The van der Waals surface area contributed by atoms with Crippen LogP contribution in [0.3, 0.4) is 0 Å². The number of hydrogen-bond donors (Lipinski definition) is 3. The molecule has 1 aromatic rings. The first-order valence-corrected chi connectivity index (χ1v) is 6.43. The molecule has 0 heterocycles. The summed E-state index contributed by atoms with van der Waals surface area (Å²) in [5, 5.41) is 3.09. The second kappa shape index (κ2) is 7.94. The molecule has 0 unspecified atom stereocenters. The zero-order chi connectivity index (χ0) is 12.5. The van der Waals surface area contributed by atoms with Gasteiger partial charge in [0.05, 0.1) is 13.2 Å². The summed E-state index contributed by atoms with van der Waals surface area (Å²) in [6.45, 7) is 1.13. The molecule has 6 heteroatoms. The Morgan fingerprint density at radius 1 is 1.41 bits per heavy atom. The SMILES string of the molecule is COCCN=C(NN)Nc1ccc(SC)cc1. The second-order valence-corrected chi connectivity index (χ2v) is 4.10. The van der Waals surface area contributed by atoms with Gasteiger partial charge in [-0.2, -0.15) is 0 Å². The number of hydrogen-bond acceptors (Lipinski definition) is 4. The van der Waals surface area contributed by atoms with Crippen LogP contribution >= 0.6 is 11.8 Å². The lowest BCUT2D eigenvalue weighted by atomic mass is 10.3. The molecular weight excluding hydrogens is 236 g/mol. The van der Waals surface area contributed by atoms with Crippen LogP contribution in [0.4, 0.5) is 5.69 Å². The maximum Gasteiger partial charge on any atom is 0.210 e. The van der Waals surface area contributed by atoms with Crippen molar-refractivity contribution < 1.29 is 4.74 Å². The number of ether oxygens (including phenoxy) is 1. The molecule has 0 atom stereocenters. The van der Waals surface area contributed by atoms with Gasteiger partial charge in [-0.05, 0) is 30.5 Å². The van der Waals surface area contributed by atoms with Crippen molar-refractivity contribution in [2.75, 3.05) is 31.8 Å². The van der Waals surface area contributed by atoms with E-state index < -0.39 is 0 Å². The fraction of sp³-hybridized carbons (Fsp3) is 0.364. The molecule has 0 radical (unpaired) electrons. The summed E-state index contributed by atoms with van der Waals surface area (Å²) in [5.41, 5.74) is 3.46. The van der Waals surface area contributed by atoms with Crippen LogP contribution < -0.4 is 16.6 Å². The second-order valence-electron chi connectivity index (χ2n) is 3.22. The highest BCUT2D eigenvalue weighted by molar-refractivity contribution is 7.98. The predicted octanol–water partition coefficient (Wildman–Crippen LogP) is 1.29. The summed E-state index contributed by atoms with van der Waals surface area (Å²) in [5.74, 6) is 5.90. The quantitative estimate of drug-likeness (QED) is 0.184. The molecule has 5 nitrogen and oxygen atoms in total. The summed E-state index contributed by atoms with van der Waals surface area (Å²) < 4.78 is 4.91. The van der Waals surface area contributed by atoms with Crippen LogP contribution in [0.5, 0.6) is 0 Å². The van der Waals surface area contributed by atoms with Crippen LogP contribution in [-0.2, 0) is 4.74 Å². The minimum absolute atomic E-state index is 0.527. The molecule has 0 aromatic heterocycles. The Bertz CT molecular complexity index is 353. The van der Waals surface area contributed by atoms with E-state index in [-0.39, 0.29) is 0 Å². The summed E-state index contributed by atoms with van der Waals surface area (Å²) in [4.78, 5) is 5.43. The van der Waals surface area contributed by atoms with Gasteiger partial charge in [0.25, 0.3) is 0 Å². The van der Waals surface area contributed by atoms with Gasteiger partial charge in [-0.1, -0.05) is 0 Å². The lowest BCUT2D eigenvalue weighted by Gasteiger charge is -2.09. The van der Waals surface area contributed by atoms with Gasteiger partial charge in [0.1, 0.15) is 0 Å². The number of benzene rings is 1.